The Morgan fingerprint density at radius 1 is 1.04 bits per heavy atom. The van der Waals surface area contributed by atoms with E-state index in [0.29, 0.717) is 13.1 Å². The van der Waals surface area contributed by atoms with Gasteiger partial charge in [0.05, 0.1) is 18.3 Å². The van der Waals surface area contributed by atoms with Gasteiger partial charge in [-0.05, 0) is 12.5 Å². The summed E-state index contributed by atoms with van der Waals surface area (Å²) in [5.41, 5.74) is 4.46. The van der Waals surface area contributed by atoms with Crippen LogP contribution in [0.1, 0.15) is 18.1 Å². The van der Waals surface area contributed by atoms with Crippen LogP contribution in [0.4, 0.5) is 0 Å². The molecular formula is C20H23N3O. The van der Waals surface area contributed by atoms with Crippen LogP contribution in [-0.4, -0.2) is 27.5 Å². The lowest BCUT2D eigenvalue weighted by Crippen LogP contribution is -2.23. The first kappa shape index (κ1) is 16.4. The number of benzene rings is 2. The number of hydrogen-bond donors (Lipinski definition) is 2. The van der Waals surface area contributed by atoms with E-state index in [-0.39, 0.29) is 6.10 Å². The summed E-state index contributed by atoms with van der Waals surface area (Å²) in [5.74, 6) is 0. The number of aromatic nitrogens is 2. The molecular weight excluding hydrogens is 298 g/mol. The van der Waals surface area contributed by atoms with Gasteiger partial charge < -0.3 is 10.4 Å². The molecule has 0 aliphatic rings. The molecule has 24 heavy (non-hydrogen) atoms. The Morgan fingerprint density at radius 2 is 1.71 bits per heavy atom. The number of rotatable bonds is 7. The normalized spacial score (nSPS) is 12.2. The van der Waals surface area contributed by atoms with E-state index in [1.165, 1.54) is 5.56 Å². The Balaban J connectivity index is 1.84. The van der Waals surface area contributed by atoms with Crippen molar-refractivity contribution in [3.8, 4) is 11.3 Å². The van der Waals surface area contributed by atoms with E-state index in [1.807, 2.05) is 41.1 Å². The molecule has 4 heteroatoms. The van der Waals surface area contributed by atoms with Crippen LogP contribution in [0.5, 0.6) is 0 Å². The minimum Gasteiger partial charge on any atom is -0.392 e. The van der Waals surface area contributed by atoms with Crippen LogP contribution in [0, 0.1) is 0 Å². The maximum absolute atomic E-state index is 9.43. The Morgan fingerprint density at radius 3 is 2.38 bits per heavy atom. The summed E-state index contributed by atoms with van der Waals surface area (Å²) in [6.07, 6.45) is 1.73. The van der Waals surface area contributed by atoms with E-state index in [2.05, 4.69) is 35.8 Å². The Kier molecular flexibility index (Phi) is 5.41. The van der Waals surface area contributed by atoms with Gasteiger partial charge in [0.25, 0.3) is 0 Å². The molecule has 0 aliphatic carbocycles. The molecule has 0 spiro atoms. The van der Waals surface area contributed by atoms with Crippen molar-refractivity contribution in [3.63, 3.8) is 0 Å². The number of nitrogens with one attached hydrogen (secondary N) is 1. The van der Waals surface area contributed by atoms with Crippen LogP contribution in [0.2, 0.25) is 0 Å². The fourth-order valence-corrected chi connectivity index (χ4v) is 2.70. The molecule has 3 rings (SSSR count). The molecule has 1 unspecified atom stereocenters. The van der Waals surface area contributed by atoms with E-state index >= 15 is 0 Å². The summed E-state index contributed by atoms with van der Waals surface area (Å²) in [4.78, 5) is 0. The number of hydrogen-bond acceptors (Lipinski definition) is 3. The van der Waals surface area contributed by atoms with Crippen molar-refractivity contribution in [2.75, 3.05) is 6.54 Å². The smallest absolute Gasteiger partial charge is 0.0968 e. The third kappa shape index (κ3) is 4.31. The molecule has 1 heterocycles. The van der Waals surface area contributed by atoms with E-state index in [0.717, 1.165) is 23.4 Å². The average molecular weight is 321 g/mol. The summed E-state index contributed by atoms with van der Waals surface area (Å²) >= 11 is 0. The van der Waals surface area contributed by atoms with Gasteiger partial charge in [0, 0.05) is 30.4 Å². The van der Waals surface area contributed by atoms with Gasteiger partial charge in [-0.2, -0.15) is 5.10 Å². The summed E-state index contributed by atoms with van der Waals surface area (Å²) in [5, 5.41) is 17.5. The van der Waals surface area contributed by atoms with Gasteiger partial charge >= 0.3 is 0 Å². The van der Waals surface area contributed by atoms with Gasteiger partial charge in [-0.1, -0.05) is 60.7 Å². The Labute approximate surface area is 142 Å². The maximum Gasteiger partial charge on any atom is 0.0968 e. The van der Waals surface area contributed by atoms with Crippen LogP contribution in [-0.2, 0) is 13.1 Å². The molecule has 4 nitrogen and oxygen atoms in total. The molecule has 3 aromatic rings. The fraction of sp³-hybridized carbons (Fsp3) is 0.250. The molecule has 0 saturated carbocycles. The molecule has 124 valence electrons. The lowest BCUT2D eigenvalue weighted by atomic mass is 10.1. The molecule has 2 N–H and O–H groups in total. The van der Waals surface area contributed by atoms with Gasteiger partial charge in [-0.25, -0.2) is 0 Å². The monoisotopic (exact) mass is 321 g/mol. The number of nitrogens with zero attached hydrogens (tertiary/aromatic N) is 2. The van der Waals surface area contributed by atoms with Crippen molar-refractivity contribution in [2.24, 2.45) is 0 Å². The highest BCUT2D eigenvalue weighted by molar-refractivity contribution is 5.62. The van der Waals surface area contributed by atoms with E-state index in [9.17, 15) is 5.11 Å². The van der Waals surface area contributed by atoms with E-state index in [4.69, 9.17) is 5.10 Å². The molecule has 2 aromatic carbocycles. The van der Waals surface area contributed by atoms with Crippen molar-refractivity contribution in [1.29, 1.82) is 0 Å². The van der Waals surface area contributed by atoms with Gasteiger partial charge in [-0.3, -0.25) is 4.68 Å². The predicted molar refractivity (Wildman–Crippen MR) is 96.6 cm³/mol. The molecule has 0 aliphatic heterocycles. The largest absolute Gasteiger partial charge is 0.392 e. The summed E-state index contributed by atoms with van der Waals surface area (Å²) in [6, 6.07) is 20.5. The van der Waals surface area contributed by atoms with Crippen molar-refractivity contribution >= 4 is 0 Å². The quantitative estimate of drug-likeness (QED) is 0.703. The standard InChI is InChI=1S/C20H23N3O/c1-16(24)12-21-13-19-15-23(14-17-8-4-2-5-9-17)22-20(19)18-10-6-3-7-11-18/h2-11,15-16,21,24H,12-14H2,1H3. The van der Waals surface area contributed by atoms with Crippen molar-refractivity contribution in [2.45, 2.75) is 26.1 Å². The topological polar surface area (TPSA) is 50.1 Å². The Hall–Kier alpha value is -2.43. The third-order valence-electron chi connectivity index (χ3n) is 3.83. The zero-order valence-electron chi connectivity index (χ0n) is 13.9. The van der Waals surface area contributed by atoms with Gasteiger partial charge in [0.1, 0.15) is 0 Å². The molecule has 0 fully saturated rings. The zero-order valence-corrected chi connectivity index (χ0v) is 13.9. The van der Waals surface area contributed by atoms with Crippen molar-refractivity contribution in [3.05, 3.63) is 78.0 Å². The van der Waals surface area contributed by atoms with Crippen LogP contribution in [0.3, 0.4) is 0 Å². The average Bonchev–Trinajstić information content (AvgIpc) is 2.99. The predicted octanol–water partition coefficient (Wildman–Crippen LogP) is 3.07. The van der Waals surface area contributed by atoms with Crippen molar-refractivity contribution < 1.29 is 5.11 Å². The van der Waals surface area contributed by atoms with Crippen LogP contribution >= 0.6 is 0 Å². The summed E-state index contributed by atoms with van der Waals surface area (Å²) < 4.78 is 1.98. The first-order valence-corrected chi connectivity index (χ1v) is 8.27. The maximum atomic E-state index is 9.43. The first-order chi connectivity index (χ1) is 11.7. The highest BCUT2D eigenvalue weighted by Crippen LogP contribution is 2.22. The summed E-state index contributed by atoms with van der Waals surface area (Å²) in [6.45, 7) is 3.78. The highest BCUT2D eigenvalue weighted by atomic mass is 16.3. The lowest BCUT2D eigenvalue weighted by molar-refractivity contribution is 0.191. The molecule has 0 amide bonds. The Bertz CT molecular complexity index is 751. The van der Waals surface area contributed by atoms with Crippen LogP contribution < -0.4 is 5.32 Å². The van der Waals surface area contributed by atoms with Gasteiger partial charge in [-0.15, -0.1) is 0 Å². The second-order valence-electron chi connectivity index (χ2n) is 6.03. The minimum atomic E-state index is -0.357. The third-order valence-corrected chi connectivity index (χ3v) is 3.83. The van der Waals surface area contributed by atoms with E-state index in [1.54, 1.807) is 6.92 Å². The van der Waals surface area contributed by atoms with Crippen LogP contribution in [0.25, 0.3) is 11.3 Å². The number of aliphatic hydroxyl groups is 1. The molecule has 1 atom stereocenters. The molecule has 0 radical (unpaired) electrons. The number of aliphatic hydroxyl groups excluding tert-OH is 1. The highest BCUT2D eigenvalue weighted by Gasteiger charge is 2.11. The second kappa shape index (κ2) is 7.90. The van der Waals surface area contributed by atoms with E-state index < -0.39 is 0 Å². The van der Waals surface area contributed by atoms with Gasteiger partial charge in [0.2, 0.25) is 0 Å². The molecule has 0 bridgehead atoms. The second-order valence-corrected chi connectivity index (χ2v) is 6.03. The lowest BCUT2D eigenvalue weighted by Gasteiger charge is -2.06. The molecule has 1 aromatic heterocycles. The van der Waals surface area contributed by atoms with Crippen LogP contribution in [0.15, 0.2) is 66.9 Å². The molecule has 0 saturated heterocycles. The summed E-state index contributed by atoms with van der Waals surface area (Å²) in [7, 11) is 0. The van der Waals surface area contributed by atoms with Gasteiger partial charge in [0.15, 0.2) is 0 Å². The minimum absolute atomic E-state index is 0.357. The first-order valence-electron chi connectivity index (χ1n) is 8.27. The fourth-order valence-electron chi connectivity index (χ4n) is 2.70. The zero-order chi connectivity index (χ0) is 16.8. The SMILES string of the molecule is CC(O)CNCc1cn(Cc2ccccc2)nc1-c1ccccc1. The van der Waals surface area contributed by atoms with Crippen molar-refractivity contribution in [1.82, 2.24) is 15.1 Å².